The molecule has 1 aromatic carbocycles. The molecule has 0 bridgehead atoms. The highest BCUT2D eigenvalue weighted by atomic mass is 16.4. The molecule has 0 saturated carbocycles. The predicted octanol–water partition coefficient (Wildman–Crippen LogP) is -0.730. The van der Waals surface area contributed by atoms with Crippen molar-refractivity contribution in [2.45, 2.75) is 11.7 Å². The summed E-state index contributed by atoms with van der Waals surface area (Å²) in [6.07, 6.45) is -2.84. The van der Waals surface area contributed by atoms with E-state index in [9.17, 15) is 24.6 Å². The van der Waals surface area contributed by atoms with Gasteiger partial charge in [-0.1, -0.05) is 30.3 Å². The number of nitrogens with zero attached hydrogens (tertiary/aromatic N) is 1. The molecule has 0 heterocycles. The minimum absolute atomic E-state index is 0.0960. The van der Waals surface area contributed by atoms with Gasteiger partial charge in [0.15, 0.2) is 17.8 Å². The first kappa shape index (κ1) is 16.3. The lowest BCUT2D eigenvalue weighted by molar-refractivity contribution is -0.186. The van der Waals surface area contributed by atoms with E-state index in [0.29, 0.717) is 0 Å². The maximum Gasteiger partial charge on any atom is 0.341 e. The van der Waals surface area contributed by atoms with Crippen LogP contribution in [-0.4, -0.2) is 49.9 Å². The number of rotatable bonds is 6. The molecule has 0 spiro atoms. The van der Waals surface area contributed by atoms with Gasteiger partial charge in [0.2, 0.25) is 5.60 Å². The zero-order valence-corrected chi connectivity index (χ0v) is 10.5. The fourth-order valence-corrected chi connectivity index (χ4v) is 1.71. The number of ketones is 1. The second-order valence-corrected chi connectivity index (χ2v) is 4.16. The number of hydrogen-bond acceptors (Lipinski definition) is 6. The second-order valence-electron chi connectivity index (χ2n) is 4.16. The Kier molecular flexibility index (Phi) is 4.75. The number of carbonyl (C=O) groups is 3. The van der Waals surface area contributed by atoms with Gasteiger partial charge in [-0.05, 0) is 0 Å². The van der Waals surface area contributed by atoms with Gasteiger partial charge in [-0.15, -0.1) is 0 Å². The second kappa shape index (κ2) is 6.13. The van der Waals surface area contributed by atoms with Crippen LogP contribution in [0.3, 0.4) is 0 Å². The van der Waals surface area contributed by atoms with E-state index >= 15 is 0 Å². The van der Waals surface area contributed by atoms with Gasteiger partial charge in [-0.2, -0.15) is 5.26 Å². The van der Waals surface area contributed by atoms with Crippen LogP contribution in [0.5, 0.6) is 0 Å². The lowest BCUT2D eigenvalue weighted by atomic mass is 9.79. The molecule has 0 fully saturated rings. The minimum atomic E-state index is -3.46. The molecule has 1 rings (SSSR count). The van der Waals surface area contributed by atoms with Gasteiger partial charge in [0.05, 0.1) is 6.07 Å². The molecule has 0 saturated heterocycles. The third kappa shape index (κ3) is 2.89. The van der Waals surface area contributed by atoms with Crippen molar-refractivity contribution in [3.63, 3.8) is 0 Å². The molecule has 0 radical (unpaired) electrons. The number of nitriles is 1. The molecule has 0 aliphatic heterocycles. The molecule has 0 aromatic heterocycles. The first-order valence-corrected chi connectivity index (χ1v) is 5.62. The van der Waals surface area contributed by atoms with Crippen LogP contribution in [0, 0.1) is 17.2 Å². The summed E-state index contributed by atoms with van der Waals surface area (Å²) in [7, 11) is 0. The highest BCUT2D eigenvalue weighted by Crippen LogP contribution is 2.26. The monoisotopic (exact) mass is 293 g/mol. The Bertz CT molecular complexity index is 607. The number of carboxylic acid groups (broad SMARTS) is 2. The molecular formula is C13H11NO7. The van der Waals surface area contributed by atoms with Gasteiger partial charge in [0.25, 0.3) is 0 Å². The maximum absolute atomic E-state index is 12.1. The van der Waals surface area contributed by atoms with Crippen molar-refractivity contribution in [1.82, 2.24) is 0 Å². The fraction of sp³-hybridized carbons (Fsp3) is 0.231. The zero-order chi connectivity index (χ0) is 16.2. The number of carboxylic acids is 2. The molecule has 0 amide bonds. The fourth-order valence-electron chi connectivity index (χ4n) is 1.71. The smallest absolute Gasteiger partial charge is 0.341 e. The number of carbonyl (C=O) groups excluding carboxylic acids is 1. The Labute approximate surface area is 118 Å². The first-order valence-electron chi connectivity index (χ1n) is 5.62. The predicted molar refractivity (Wildman–Crippen MR) is 66.1 cm³/mol. The number of hydrogen-bond donors (Lipinski definition) is 4. The molecule has 4 N–H and O–H groups in total. The molecule has 3 unspecified atom stereocenters. The van der Waals surface area contributed by atoms with E-state index in [4.69, 9.17) is 15.5 Å². The van der Waals surface area contributed by atoms with E-state index in [1.165, 1.54) is 30.3 Å². The Morgan fingerprint density at radius 2 is 1.67 bits per heavy atom. The Balaban J connectivity index is 3.34. The largest absolute Gasteiger partial charge is 0.479 e. The topological polar surface area (TPSA) is 156 Å². The highest BCUT2D eigenvalue weighted by Gasteiger charge is 2.57. The molecule has 3 atom stereocenters. The standard InChI is InChI=1S/C13H11NO7/c14-6-8(9(15)7-4-2-1-3-5-7)13(21,12(19)20)10(16)11(17)18/h1-5,8,10,16,21H,(H,17,18)(H,19,20). The van der Waals surface area contributed by atoms with Crippen LogP contribution < -0.4 is 0 Å². The molecular weight excluding hydrogens is 282 g/mol. The van der Waals surface area contributed by atoms with Crippen LogP contribution in [0.2, 0.25) is 0 Å². The van der Waals surface area contributed by atoms with Gasteiger partial charge in [0.1, 0.15) is 0 Å². The quantitative estimate of drug-likeness (QED) is 0.500. The zero-order valence-electron chi connectivity index (χ0n) is 10.5. The van der Waals surface area contributed by atoms with Crippen molar-refractivity contribution in [3.05, 3.63) is 35.9 Å². The molecule has 8 heteroatoms. The molecule has 0 aliphatic carbocycles. The van der Waals surface area contributed by atoms with Crippen LogP contribution in [0.1, 0.15) is 10.4 Å². The average molecular weight is 293 g/mol. The average Bonchev–Trinajstić information content (AvgIpc) is 2.47. The molecule has 1 aromatic rings. The summed E-state index contributed by atoms with van der Waals surface area (Å²) in [5, 5.41) is 45.9. The van der Waals surface area contributed by atoms with Crippen LogP contribution in [0.25, 0.3) is 0 Å². The summed E-state index contributed by atoms with van der Waals surface area (Å²) >= 11 is 0. The lowest BCUT2D eigenvalue weighted by Gasteiger charge is -2.29. The van der Waals surface area contributed by atoms with Crippen LogP contribution in [-0.2, 0) is 9.59 Å². The van der Waals surface area contributed by atoms with Gasteiger partial charge in [-0.3, -0.25) is 4.79 Å². The number of aliphatic hydroxyl groups excluding tert-OH is 1. The van der Waals surface area contributed by atoms with Gasteiger partial charge < -0.3 is 20.4 Å². The van der Waals surface area contributed by atoms with E-state index in [1.54, 1.807) is 6.07 Å². The number of aliphatic carboxylic acids is 2. The van der Waals surface area contributed by atoms with E-state index < -0.39 is 35.3 Å². The van der Waals surface area contributed by atoms with Crippen LogP contribution in [0.4, 0.5) is 0 Å². The molecule has 110 valence electrons. The molecule has 21 heavy (non-hydrogen) atoms. The third-order valence-corrected chi connectivity index (χ3v) is 2.88. The van der Waals surface area contributed by atoms with E-state index in [2.05, 4.69) is 0 Å². The van der Waals surface area contributed by atoms with Crippen molar-refractivity contribution in [2.75, 3.05) is 0 Å². The Hall–Kier alpha value is -2.76. The normalized spacial score (nSPS) is 16.0. The number of aliphatic hydroxyl groups is 2. The summed E-state index contributed by atoms with van der Waals surface area (Å²) in [4.78, 5) is 34.0. The Morgan fingerprint density at radius 1 is 1.14 bits per heavy atom. The lowest BCUT2D eigenvalue weighted by Crippen LogP contribution is -2.59. The molecule has 8 nitrogen and oxygen atoms in total. The van der Waals surface area contributed by atoms with Crippen LogP contribution >= 0.6 is 0 Å². The summed E-state index contributed by atoms with van der Waals surface area (Å²) in [6.45, 7) is 0. The van der Waals surface area contributed by atoms with E-state index in [1.807, 2.05) is 0 Å². The van der Waals surface area contributed by atoms with Crippen molar-refractivity contribution < 1.29 is 34.8 Å². The summed E-state index contributed by atoms with van der Waals surface area (Å²) in [6, 6.07) is 8.23. The van der Waals surface area contributed by atoms with Gasteiger partial charge >= 0.3 is 11.9 Å². The minimum Gasteiger partial charge on any atom is -0.479 e. The SMILES string of the molecule is N#CC(C(=O)c1ccccc1)C(O)(C(=O)O)C(O)C(=O)O. The van der Waals surface area contributed by atoms with Crippen molar-refractivity contribution in [2.24, 2.45) is 5.92 Å². The maximum atomic E-state index is 12.1. The first-order chi connectivity index (χ1) is 9.76. The van der Waals surface area contributed by atoms with E-state index in [-0.39, 0.29) is 5.56 Å². The van der Waals surface area contributed by atoms with Crippen molar-refractivity contribution in [1.29, 1.82) is 5.26 Å². The van der Waals surface area contributed by atoms with Crippen molar-refractivity contribution in [3.8, 4) is 6.07 Å². The third-order valence-electron chi connectivity index (χ3n) is 2.88. The van der Waals surface area contributed by atoms with Crippen LogP contribution in [0.15, 0.2) is 30.3 Å². The number of benzene rings is 1. The summed E-state index contributed by atoms with van der Waals surface area (Å²) in [5.41, 5.74) is -3.56. The highest BCUT2D eigenvalue weighted by molar-refractivity contribution is 6.04. The van der Waals surface area contributed by atoms with E-state index in [0.717, 1.165) is 0 Å². The summed E-state index contributed by atoms with van der Waals surface area (Å²) in [5.74, 6) is -7.65. The molecule has 0 aliphatic rings. The van der Waals surface area contributed by atoms with Gasteiger partial charge in [-0.25, -0.2) is 9.59 Å². The van der Waals surface area contributed by atoms with Gasteiger partial charge in [0, 0.05) is 5.56 Å². The Morgan fingerprint density at radius 3 is 2.05 bits per heavy atom. The number of Topliss-reactive ketones (excluding diaryl/α,β-unsaturated/α-hetero) is 1. The van der Waals surface area contributed by atoms with Crippen molar-refractivity contribution >= 4 is 17.7 Å². The summed E-state index contributed by atoms with van der Waals surface area (Å²) < 4.78 is 0.